The lowest BCUT2D eigenvalue weighted by atomic mass is 9.91. The van der Waals surface area contributed by atoms with Gasteiger partial charge in [-0.2, -0.15) is 0 Å². The summed E-state index contributed by atoms with van der Waals surface area (Å²) in [5.41, 5.74) is 5.14. The van der Waals surface area contributed by atoms with Gasteiger partial charge < -0.3 is 10.0 Å². The lowest BCUT2D eigenvalue weighted by Crippen LogP contribution is -2.05. The number of halogens is 1. The van der Waals surface area contributed by atoms with E-state index in [-0.39, 0.29) is 5.78 Å². The van der Waals surface area contributed by atoms with Crippen LogP contribution in [-0.2, 0) is 0 Å². The van der Waals surface area contributed by atoms with Crippen molar-refractivity contribution in [1.82, 2.24) is 0 Å². The molecule has 3 nitrogen and oxygen atoms in total. The molecule has 3 aromatic carbocycles. The Kier molecular flexibility index (Phi) is 9.48. The smallest absolute Gasteiger partial charge is 0.424 e. The van der Waals surface area contributed by atoms with E-state index >= 15 is 0 Å². The quantitative estimate of drug-likeness (QED) is 0.284. The Morgan fingerprint density at radius 3 is 1.67 bits per heavy atom. The van der Waals surface area contributed by atoms with Gasteiger partial charge in [0.05, 0.1) is 0 Å². The third-order valence-corrected chi connectivity index (χ3v) is 4.72. The van der Waals surface area contributed by atoms with Crippen molar-refractivity contribution in [3.63, 3.8) is 0 Å². The van der Waals surface area contributed by atoms with E-state index in [1.807, 2.05) is 85.8 Å². The predicted molar refractivity (Wildman–Crippen MR) is 130 cm³/mol. The first-order valence-corrected chi connectivity index (χ1v) is 10.3. The molecule has 0 amide bonds. The fourth-order valence-electron chi connectivity index (χ4n) is 2.47. The first kappa shape index (κ1) is 23.6. The van der Waals surface area contributed by atoms with Crippen molar-refractivity contribution < 1.29 is 14.8 Å². The Balaban J connectivity index is 0.000000232. The first-order chi connectivity index (χ1) is 14.3. The molecule has 0 aliphatic carbocycles. The van der Waals surface area contributed by atoms with Crippen molar-refractivity contribution >= 4 is 47.1 Å². The van der Waals surface area contributed by atoms with Crippen molar-refractivity contribution in [3.05, 3.63) is 111 Å². The average Bonchev–Trinajstić information content (AvgIpc) is 2.73. The molecule has 0 unspecified atom stereocenters. The molecule has 0 spiro atoms. The van der Waals surface area contributed by atoms with E-state index in [0.29, 0.717) is 0 Å². The molecule has 0 fully saturated rings. The normalized spacial score (nSPS) is 10.7. The van der Waals surface area contributed by atoms with Gasteiger partial charge in [-0.25, -0.2) is 0 Å². The third kappa shape index (κ3) is 8.74. The second-order valence-electron chi connectivity index (χ2n) is 6.75. The lowest BCUT2D eigenvalue weighted by Gasteiger charge is -1.97. The van der Waals surface area contributed by atoms with Gasteiger partial charge in [0.25, 0.3) is 0 Å². The lowest BCUT2D eigenvalue weighted by molar-refractivity contribution is 0.101. The molecule has 0 aromatic heterocycles. The van der Waals surface area contributed by atoms with Gasteiger partial charge in [-0.1, -0.05) is 106 Å². The monoisotopic (exact) mass is 462 g/mol. The summed E-state index contributed by atoms with van der Waals surface area (Å²) >= 11 is 3.41. The largest absolute Gasteiger partial charge is 0.480 e. The minimum absolute atomic E-state index is 0.0958. The zero-order valence-electron chi connectivity index (χ0n) is 17.0. The molecule has 3 aromatic rings. The molecule has 0 saturated heterocycles. The maximum absolute atomic E-state index is 11.1. The highest BCUT2D eigenvalue weighted by Crippen LogP contribution is 2.14. The Labute approximate surface area is 186 Å². The number of carbonyl (C=O) groups excluding carboxylic acids is 1. The number of Topliss-reactive ketones (excluding diaryl/α,β-unsaturated/α-hetero) is 1. The Morgan fingerprint density at radius 1 is 0.767 bits per heavy atom. The number of ketones is 1. The highest BCUT2D eigenvalue weighted by molar-refractivity contribution is 9.10. The Morgan fingerprint density at radius 2 is 1.20 bits per heavy atom. The van der Waals surface area contributed by atoms with Crippen LogP contribution in [0.25, 0.3) is 18.2 Å². The number of aryl methyl sites for hydroxylation is 1. The Bertz CT molecular complexity index is 990. The van der Waals surface area contributed by atoms with E-state index in [1.54, 1.807) is 13.0 Å². The molecular formula is C25H24BBrO3. The summed E-state index contributed by atoms with van der Waals surface area (Å²) in [6, 6.07) is 23.5. The van der Waals surface area contributed by atoms with E-state index in [0.717, 1.165) is 26.7 Å². The standard InChI is InChI=1S/C16H13BrO.C9H11BO2/c1-12(18)15-8-4-13(5-9-15)2-3-14-6-10-16(17)11-7-14;1-8-2-4-9(5-3-8)6-7-10(11)12/h2-11H,1H3;2-7,11-12H,1H3/b3-2+;7-6+. The topological polar surface area (TPSA) is 57.5 Å². The molecule has 0 saturated carbocycles. The molecule has 0 heterocycles. The van der Waals surface area contributed by atoms with Crippen LogP contribution in [0.4, 0.5) is 0 Å². The van der Waals surface area contributed by atoms with Crippen LogP contribution < -0.4 is 0 Å². The van der Waals surface area contributed by atoms with Crippen molar-refractivity contribution in [2.45, 2.75) is 13.8 Å². The summed E-state index contributed by atoms with van der Waals surface area (Å²) in [5, 5.41) is 17.1. The van der Waals surface area contributed by atoms with E-state index in [9.17, 15) is 4.79 Å². The highest BCUT2D eigenvalue weighted by Gasteiger charge is 1.98. The molecule has 30 heavy (non-hydrogen) atoms. The molecule has 3 rings (SSSR count). The summed E-state index contributed by atoms with van der Waals surface area (Å²) < 4.78 is 1.07. The third-order valence-electron chi connectivity index (χ3n) is 4.19. The van der Waals surface area contributed by atoms with Crippen molar-refractivity contribution in [2.75, 3.05) is 0 Å². The van der Waals surface area contributed by atoms with Crippen LogP contribution in [0.2, 0.25) is 0 Å². The van der Waals surface area contributed by atoms with Crippen molar-refractivity contribution in [3.8, 4) is 0 Å². The zero-order chi connectivity index (χ0) is 21.9. The number of carbonyl (C=O) groups is 1. The van der Waals surface area contributed by atoms with Crippen LogP contribution in [0, 0.1) is 6.92 Å². The molecule has 0 bridgehead atoms. The van der Waals surface area contributed by atoms with Crippen LogP contribution in [0.3, 0.4) is 0 Å². The van der Waals surface area contributed by atoms with E-state index in [4.69, 9.17) is 10.0 Å². The molecule has 152 valence electrons. The van der Waals surface area contributed by atoms with Gasteiger partial charge in [0.15, 0.2) is 5.78 Å². The number of rotatable bonds is 5. The Hall–Kier alpha value is -2.73. The van der Waals surface area contributed by atoms with E-state index in [2.05, 4.69) is 22.0 Å². The van der Waals surface area contributed by atoms with E-state index < -0.39 is 7.12 Å². The predicted octanol–water partition coefficient (Wildman–Crippen LogP) is 5.84. The van der Waals surface area contributed by atoms with Crippen LogP contribution in [0.5, 0.6) is 0 Å². The number of hydrogen-bond acceptors (Lipinski definition) is 3. The molecule has 5 heteroatoms. The van der Waals surface area contributed by atoms with Gasteiger partial charge in [-0.3, -0.25) is 4.79 Å². The van der Waals surface area contributed by atoms with Crippen molar-refractivity contribution in [2.24, 2.45) is 0 Å². The number of benzene rings is 3. The minimum Gasteiger partial charge on any atom is -0.424 e. The summed E-state index contributed by atoms with van der Waals surface area (Å²) in [5.74, 6) is 1.42. The van der Waals surface area contributed by atoms with Gasteiger partial charge in [0.2, 0.25) is 0 Å². The molecular weight excluding hydrogens is 439 g/mol. The van der Waals surface area contributed by atoms with Crippen LogP contribution in [0.15, 0.2) is 83.2 Å². The maximum Gasteiger partial charge on any atom is 0.480 e. The summed E-state index contributed by atoms with van der Waals surface area (Å²) in [6.07, 6.45) is 5.76. The molecule has 0 aliphatic heterocycles. The molecule has 0 aliphatic rings. The van der Waals surface area contributed by atoms with Gasteiger partial charge in [0, 0.05) is 10.0 Å². The first-order valence-electron chi connectivity index (χ1n) is 9.49. The number of hydrogen-bond donors (Lipinski definition) is 2. The van der Waals surface area contributed by atoms with Crippen LogP contribution >= 0.6 is 15.9 Å². The second kappa shape index (κ2) is 12.1. The van der Waals surface area contributed by atoms with Gasteiger partial charge >= 0.3 is 7.12 Å². The molecule has 0 radical (unpaired) electrons. The summed E-state index contributed by atoms with van der Waals surface area (Å²) in [7, 11) is -1.37. The van der Waals surface area contributed by atoms with Gasteiger partial charge in [-0.15, -0.1) is 0 Å². The average molecular weight is 463 g/mol. The van der Waals surface area contributed by atoms with E-state index in [1.165, 1.54) is 11.5 Å². The summed E-state index contributed by atoms with van der Waals surface area (Å²) in [6.45, 7) is 3.58. The van der Waals surface area contributed by atoms with Crippen LogP contribution in [0.1, 0.15) is 39.5 Å². The molecule has 2 N–H and O–H groups in total. The van der Waals surface area contributed by atoms with Gasteiger partial charge in [-0.05, 0) is 42.7 Å². The van der Waals surface area contributed by atoms with Gasteiger partial charge in [0.1, 0.15) is 0 Å². The highest BCUT2D eigenvalue weighted by atomic mass is 79.9. The fourth-order valence-corrected chi connectivity index (χ4v) is 2.73. The minimum atomic E-state index is -1.37. The maximum atomic E-state index is 11.1. The molecule has 0 atom stereocenters. The zero-order valence-corrected chi connectivity index (χ0v) is 18.6. The van der Waals surface area contributed by atoms with Crippen molar-refractivity contribution in [1.29, 1.82) is 0 Å². The SMILES string of the molecule is CC(=O)c1ccc(/C=C/c2ccc(Br)cc2)cc1.Cc1ccc(/C=C/B(O)O)cc1. The second-order valence-corrected chi connectivity index (χ2v) is 7.66. The summed E-state index contributed by atoms with van der Waals surface area (Å²) in [4.78, 5) is 11.1. The fraction of sp³-hybridized carbons (Fsp3) is 0.0800. The van der Waals surface area contributed by atoms with Crippen LogP contribution in [-0.4, -0.2) is 22.9 Å².